The number of hydrogen-bond acceptors (Lipinski definition) is 2. The lowest BCUT2D eigenvalue weighted by Gasteiger charge is -2.08. The number of ether oxygens (including phenoxy) is 1. The van der Waals surface area contributed by atoms with Gasteiger partial charge in [0, 0.05) is 0 Å². The molecule has 2 rings (SSSR count). The van der Waals surface area contributed by atoms with Crippen molar-refractivity contribution in [1.82, 2.24) is 0 Å². The Morgan fingerprint density at radius 2 is 2.36 bits per heavy atom. The molecule has 0 saturated carbocycles. The number of nitrogens with two attached hydrogens (primary N) is 1. The normalized spacial score (nSPS) is 19.1. The van der Waals surface area contributed by atoms with Crippen LogP contribution in [0.4, 0.5) is 0 Å². The Morgan fingerprint density at radius 1 is 1.57 bits per heavy atom. The van der Waals surface area contributed by atoms with E-state index in [-0.39, 0.29) is 11.8 Å². The van der Waals surface area contributed by atoms with Gasteiger partial charge in [0.1, 0.15) is 5.75 Å². The van der Waals surface area contributed by atoms with Gasteiger partial charge in [-0.3, -0.25) is 4.79 Å². The Kier molecular flexibility index (Phi) is 2.15. The summed E-state index contributed by atoms with van der Waals surface area (Å²) in [5, 5.41) is 0. The maximum Gasteiger partial charge on any atom is 0.224 e. The van der Waals surface area contributed by atoms with E-state index in [4.69, 9.17) is 10.5 Å². The van der Waals surface area contributed by atoms with E-state index >= 15 is 0 Å². The number of primary amides is 1. The zero-order chi connectivity index (χ0) is 10.1. The third kappa shape index (κ3) is 1.35. The smallest absolute Gasteiger partial charge is 0.224 e. The summed E-state index contributed by atoms with van der Waals surface area (Å²) >= 11 is 0. The number of aryl methyl sites for hydroxylation is 1. The SMILES string of the molecule is COc1ccc2c(c1)C(C(N)=O)CC2. The zero-order valence-electron chi connectivity index (χ0n) is 8.12. The molecule has 1 unspecified atom stereocenters. The quantitative estimate of drug-likeness (QED) is 0.763. The highest BCUT2D eigenvalue weighted by Crippen LogP contribution is 2.34. The first-order valence-electron chi connectivity index (χ1n) is 4.68. The first-order chi connectivity index (χ1) is 6.72. The topological polar surface area (TPSA) is 52.3 Å². The predicted molar refractivity (Wildman–Crippen MR) is 53.3 cm³/mol. The molecule has 1 amide bonds. The molecule has 3 heteroatoms. The molecule has 0 aromatic heterocycles. The molecular weight excluding hydrogens is 178 g/mol. The van der Waals surface area contributed by atoms with Crippen molar-refractivity contribution in [2.75, 3.05) is 7.11 Å². The molecule has 0 heterocycles. The zero-order valence-corrected chi connectivity index (χ0v) is 8.12. The highest BCUT2D eigenvalue weighted by molar-refractivity contribution is 5.83. The van der Waals surface area contributed by atoms with Crippen LogP contribution in [0.25, 0.3) is 0 Å². The van der Waals surface area contributed by atoms with Crippen molar-refractivity contribution in [1.29, 1.82) is 0 Å². The molecule has 1 aliphatic rings. The molecule has 3 nitrogen and oxygen atoms in total. The van der Waals surface area contributed by atoms with Crippen molar-refractivity contribution in [2.45, 2.75) is 18.8 Å². The Morgan fingerprint density at radius 3 is 3.00 bits per heavy atom. The van der Waals surface area contributed by atoms with Gasteiger partial charge < -0.3 is 10.5 Å². The van der Waals surface area contributed by atoms with Crippen LogP contribution >= 0.6 is 0 Å². The van der Waals surface area contributed by atoms with Crippen LogP contribution in [0.3, 0.4) is 0 Å². The van der Waals surface area contributed by atoms with E-state index in [1.807, 2.05) is 18.2 Å². The lowest BCUT2D eigenvalue weighted by molar-refractivity contribution is -0.119. The van der Waals surface area contributed by atoms with Gasteiger partial charge in [0.25, 0.3) is 0 Å². The maximum absolute atomic E-state index is 11.1. The van der Waals surface area contributed by atoms with E-state index in [1.54, 1.807) is 7.11 Å². The lowest BCUT2D eigenvalue weighted by Crippen LogP contribution is -2.19. The first kappa shape index (κ1) is 9.06. The summed E-state index contributed by atoms with van der Waals surface area (Å²) in [5.74, 6) is 0.425. The second-order valence-electron chi connectivity index (χ2n) is 3.56. The van der Waals surface area contributed by atoms with Gasteiger partial charge >= 0.3 is 0 Å². The molecule has 14 heavy (non-hydrogen) atoms. The first-order valence-corrected chi connectivity index (χ1v) is 4.68. The van der Waals surface area contributed by atoms with Crippen molar-refractivity contribution in [2.24, 2.45) is 5.73 Å². The van der Waals surface area contributed by atoms with Crippen molar-refractivity contribution >= 4 is 5.91 Å². The Hall–Kier alpha value is -1.51. The second kappa shape index (κ2) is 3.33. The number of hydrogen-bond donors (Lipinski definition) is 1. The summed E-state index contributed by atoms with van der Waals surface area (Å²) in [6.07, 6.45) is 1.77. The van der Waals surface area contributed by atoms with E-state index in [2.05, 4.69) is 0 Å². The average Bonchev–Trinajstić information content (AvgIpc) is 2.59. The van der Waals surface area contributed by atoms with Crippen molar-refractivity contribution in [3.05, 3.63) is 29.3 Å². The summed E-state index contributed by atoms with van der Waals surface area (Å²) in [4.78, 5) is 11.1. The van der Waals surface area contributed by atoms with Crippen LogP contribution in [0.5, 0.6) is 5.75 Å². The van der Waals surface area contributed by atoms with Crippen molar-refractivity contribution in [3.8, 4) is 5.75 Å². The molecule has 1 atom stereocenters. The van der Waals surface area contributed by atoms with Crippen molar-refractivity contribution < 1.29 is 9.53 Å². The second-order valence-corrected chi connectivity index (χ2v) is 3.56. The molecule has 0 bridgehead atoms. The van der Waals surface area contributed by atoms with Crippen LogP contribution in [-0.4, -0.2) is 13.0 Å². The number of rotatable bonds is 2. The summed E-state index contributed by atoms with van der Waals surface area (Å²) in [6.45, 7) is 0. The van der Waals surface area contributed by atoms with E-state index in [9.17, 15) is 4.79 Å². The fourth-order valence-corrected chi connectivity index (χ4v) is 2.00. The number of fused-ring (bicyclic) bond motifs is 1. The van der Waals surface area contributed by atoms with Gasteiger partial charge in [-0.05, 0) is 36.1 Å². The molecule has 0 fully saturated rings. The molecule has 0 spiro atoms. The molecule has 0 radical (unpaired) electrons. The lowest BCUT2D eigenvalue weighted by atomic mass is 10.0. The number of carbonyl (C=O) groups is 1. The highest BCUT2D eigenvalue weighted by atomic mass is 16.5. The van der Waals surface area contributed by atoms with Crippen LogP contribution in [0, 0.1) is 0 Å². The molecule has 1 aromatic carbocycles. The number of carbonyl (C=O) groups excluding carboxylic acids is 1. The third-order valence-corrected chi connectivity index (χ3v) is 2.77. The third-order valence-electron chi connectivity index (χ3n) is 2.77. The summed E-state index contributed by atoms with van der Waals surface area (Å²) in [5.41, 5.74) is 7.58. The Labute approximate surface area is 82.9 Å². The summed E-state index contributed by atoms with van der Waals surface area (Å²) in [7, 11) is 1.62. The highest BCUT2D eigenvalue weighted by Gasteiger charge is 2.26. The molecule has 0 saturated heterocycles. The predicted octanol–water partition coefficient (Wildman–Crippen LogP) is 1.21. The number of methoxy groups -OCH3 is 1. The van der Waals surface area contributed by atoms with Gasteiger partial charge in [-0.25, -0.2) is 0 Å². The van der Waals surface area contributed by atoms with Crippen LogP contribution in [0.2, 0.25) is 0 Å². The van der Waals surface area contributed by atoms with Crippen LogP contribution < -0.4 is 10.5 Å². The summed E-state index contributed by atoms with van der Waals surface area (Å²) < 4.78 is 5.12. The summed E-state index contributed by atoms with van der Waals surface area (Å²) in [6, 6.07) is 5.84. The minimum absolute atomic E-state index is 0.125. The number of benzene rings is 1. The van der Waals surface area contributed by atoms with Gasteiger partial charge in [-0.2, -0.15) is 0 Å². The fraction of sp³-hybridized carbons (Fsp3) is 0.364. The minimum atomic E-state index is -0.239. The van der Waals surface area contributed by atoms with E-state index in [0.29, 0.717) is 0 Å². The van der Waals surface area contributed by atoms with E-state index in [1.165, 1.54) is 5.56 Å². The monoisotopic (exact) mass is 191 g/mol. The van der Waals surface area contributed by atoms with E-state index < -0.39 is 0 Å². The minimum Gasteiger partial charge on any atom is -0.497 e. The van der Waals surface area contributed by atoms with Gasteiger partial charge in [0.2, 0.25) is 5.91 Å². The van der Waals surface area contributed by atoms with Crippen LogP contribution in [-0.2, 0) is 11.2 Å². The van der Waals surface area contributed by atoms with Crippen LogP contribution in [0.15, 0.2) is 18.2 Å². The van der Waals surface area contributed by atoms with E-state index in [0.717, 1.165) is 24.2 Å². The molecule has 1 aliphatic carbocycles. The number of amides is 1. The molecule has 2 N–H and O–H groups in total. The Balaban J connectivity index is 2.41. The van der Waals surface area contributed by atoms with Crippen LogP contribution in [0.1, 0.15) is 23.5 Å². The Bertz CT molecular complexity index is 374. The molecule has 0 aliphatic heterocycles. The molecular formula is C11H13NO2. The van der Waals surface area contributed by atoms with Gasteiger partial charge in [0.05, 0.1) is 13.0 Å². The maximum atomic E-state index is 11.1. The largest absolute Gasteiger partial charge is 0.497 e. The molecule has 1 aromatic rings. The van der Waals surface area contributed by atoms with Gasteiger partial charge in [0.15, 0.2) is 0 Å². The standard InChI is InChI=1S/C11H13NO2/c1-14-8-4-2-7-3-5-9(11(12)13)10(7)6-8/h2,4,6,9H,3,5H2,1H3,(H2,12,13). The molecule has 74 valence electrons. The fourth-order valence-electron chi connectivity index (χ4n) is 2.00. The average molecular weight is 191 g/mol. The van der Waals surface area contributed by atoms with Crippen molar-refractivity contribution in [3.63, 3.8) is 0 Å². The van der Waals surface area contributed by atoms with Gasteiger partial charge in [-0.15, -0.1) is 0 Å². The van der Waals surface area contributed by atoms with Gasteiger partial charge in [-0.1, -0.05) is 6.07 Å².